The van der Waals surface area contributed by atoms with Crippen molar-refractivity contribution in [3.63, 3.8) is 0 Å². The fourth-order valence-electron chi connectivity index (χ4n) is 0.847. The normalized spacial score (nSPS) is 8.33. The predicted molar refractivity (Wildman–Crippen MR) is 77.5 cm³/mol. The van der Waals surface area contributed by atoms with E-state index in [1.165, 1.54) is 6.20 Å². The number of pyridine rings is 2. The largest absolute Gasteiger partial charge is 0.397 e. The standard InChI is InChI=1S/2C5H7N3.C2H6/c6-4-1-2-8-3-5(4)7;6-4-2-1-3-8-5(4)7;1-2/h1-3H,7H2,(H2,6,8);1-3H,6H2,(H2,7,8);1-2H3. The van der Waals surface area contributed by atoms with Crippen molar-refractivity contribution >= 4 is 22.9 Å². The minimum atomic E-state index is 0.396. The van der Waals surface area contributed by atoms with Gasteiger partial charge in [0.2, 0.25) is 0 Å². The van der Waals surface area contributed by atoms with Crippen molar-refractivity contribution in [2.45, 2.75) is 13.8 Å². The summed E-state index contributed by atoms with van der Waals surface area (Å²) in [6.45, 7) is 4.00. The summed E-state index contributed by atoms with van der Waals surface area (Å²) < 4.78 is 0. The van der Waals surface area contributed by atoms with Gasteiger partial charge < -0.3 is 22.9 Å². The molecule has 6 heteroatoms. The second kappa shape index (κ2) is 8.63. The van der Waals surface area contributed by atoms with E-state index < -0.39 is 0 Å². The Morgan fingerprint density at radius 3 is 1.83 bits per heavy atom. The maximum Gasteiger partial charge on any atom is 0.146 e. The number of nitrogens with two attached hydrogens (primary N) is 4. The van der Waals surface area contributed by atoms with E-state index in [9.17, 15) is 0 Å². The molecule has 2 aromatic heterocycles. The van der Waals surface area contributed by atoms with E-state index >= 15 is 0 Å². The van der Waals surface area contributed by atoms with Crippen molar-refractivity contribution in [2.75, 3.05) is 22.9 Å². The van der Waals surface area contributed by atoms with Gasteiger partial charge in [-0.25, -0.2) is 4.98 Å². The summed E-state index contributed by atoms with van der Waals surface area (Å²) in [4.78, 5) is 7.47. The zero-order valence-electron chi connectivity index (χ0n) is 10.7. The highest BCUT2D eigenvalue weighted by molar-refractivity contribution is 5.60. The fraction of sp³-hybridized carbons (Fsp3) is 0.167. The Morgan fingerprint density at radius 1 is 0.833 bits per heavy atom. The lowest BCUT2D eigenvalue weighted by Crippen LogP contribution is -1.95. The summed E-state index contributed by atoms with van der Waals surface area (Å²) in [5.41, 5.74) is 23.0. The molecule has 0 amide bonds. The van der Waals surface area contributed by atoms with Crippen molar-refractivity contribution in [1.29, 1.82) is 0 Å². The van der Waals surface area contributed by atoms with Crippen LogP contribution in [0.2, 0.25) is 0 Å². The molecule has 0 saturated heterocycles. The van der Waals surface area contributed by atoms with Gasteiger partial charge in [0.05, 0.1) is 23.3 Å². The van der Waals surface area contributed by atoms with Crippen molar-refractivity contribution in [3.05, 3.63) is 36.8 Å². The Hall–Kier alpha value is -2.50. The molecule has 2 aromatic rings. The zero-order chi connectivity index (χ0) is 14.0. The van der Waals surface area contributed by atoms with Crippen molar-refractivity contribution < 1.29 is 0 Å². The van der Waals surface area contributed by atoms with Crippen molar-refractivity contribution in [1.82, 2.24) is 9.97 Å². The lowest BCUT2D eigenvalue weighted by atomic mass is 10.4. The summed E-state index contributed by atoms with van der Waals surface area (Å²) in [6.07, 6.45) is 4.73. The Morgan fingerprint density at radius 2 is 1.50 bits per heavy atom. The van der Waals surface area contributed by atoms with Crippen LogP contribution in [0.5, 0.6) is 0 Å². The molecule has 0 fully saturated rings. The molecule has 0 aromatic carbocycles. The van der Waals surface area contributed by atoms with E-state index in [2.05, 4.69) is 9.97 Å². The Bertz CT molecular complexity index is 372. The van der Waals surface area contributed by atoms with E-state index in [0.717, 1.165) is 0 Å². The quantitative estimate of drug-likeness (QED) is 0.559. The van der Waals surface area contributed by atoms with E-state index in [-0.39, 0.29) is 0 Å². The molecule has 0 aliphatic rings. The maximum atomic E-state index is 5.35. The molecule has 18 heavy (non-hydrogen) atoms. The van der Waals surface area contributed by atoms with Crippen LogP contribution in [-0.4, -0.2) is 9.97 Å². The van der Waals surface area contributed by atoms with Gasteiger partial charge in [-0.3, -0.25) is 4.98 Å². The molecular weight excluding hydrogens is 228 g/mol. The highest BCUT2D eigenvalue weighted by Gasteiger charge is 1.87. The van der Waals surface area contributed by atoms with Gasteiger partial charge in [-0.05, 0) is 18.2 Å². The lowest BCUT2D eigenvalue weighted by molar-refractivity contribution is 1.34. The van der Waals surface area contributed by atoms with Crippen LogP contribution in [0.15, 0.2) is 36.8 Å². The molecule has 0 radical (unpaired) electrons. The summed E-state index contributed by atoms with van der Waals surface area (Å²) >= 11 is 0. The molecule has 0 aliphatic heterocycles. The van der Waals surface area contributed by atoms with Gasteiger partial charge in [0.25, 0.3) is 0 Å². The molecule has 98 valence electrons. The first-order valence-electron chi connectivity index (χ1n) is 5.52. The molecule has 2 rings (SSSR count). The second-order valence-electron chi connectivity index (χ2n) is 2.98. The molecule has 0 spiro atoms. The second-order valence-corrected chi connectivity index (χ2v) is 2.98. The molecule has 8 N–H and O–H groups in total. The van der Waals surface area contributed by atoms with Crippen LogP contribution in [0.25, 0.3) is 0 Å². The van der Waals surface area contributed by atoms with Gasteiger partial charge in [0.15, 0.2) is 0 Å². The average molecular weight is 248 g/mol. The van der Waals surface area contributed by atoms with Crippen LogP contribution in [0, 0.1) is 0 Å². The van der Waals surface area contributed by atoms with Crippen LogP contribution in [0.1, 0.15) is 13.8 Å². The predicted octanol–water partition coefficient (Wildman–Crippen LogP) is 1.52. The molecule has 0 saturated carbocycles. The summed E-state index contributed by atoms with van der Waals surface area (Å²) in [5.74, 6) is 0.396. The van der Waals surface area contributed by atoms with Gasteiger partial charge in [0.1, 0.15) is 5.82 Å². The van der Waals surface area contributed by atoms with Gasteiger partial charge in [-0.1, -0.05) is 13.8 Å². The third kappa shape index (κ3) is 5.55. The van der Waals surface area contributed by atoms with E-state index in [1.807, 2.05) is 13.8 Å². The summed E-state index contributed by atoms with van der Waals surface area (Å²) in [6, 6.07) is 5.11. The first-order valence-corrected chi connectivity index (χ1v) is 5.52. The third-order valence-corrected chi connectivity index (χ3v) is 1.76. The number of aromatic nitrogens is 2. The van der Waals surface area contributed by atoms with Crippen LogP contribution in [0.3, 0.4) is 0 Å². The van der Waals surface area contributed by atoms with Gasteiger partial charge in [-0.2, -0.15) is 0 Å². The van der Waals surface area contributed by atoms with E-state index in [4.69, 9.17) is 22.9 Å². The number of hydrogen-bond donors (Lipinski definition) is 4. The number of anilines is 4. The number of hydrogen-bond acceptors (Lipinski definition) is 6. The minimum absolute atomic E-state index is 0.396. The highest BCUT2D eigenvalue weighted by Crippen LogP contribution is 2.08. The van der Waals surface area contributed by atoms with Gasteiger partial charge in [-0.15, -0.1) is 0 Å². The first-order chi connectivity index (χ1) is 8.61. The molecule has 0 atom stereocenters. The van der Waals surface area contributed by atoms with Crippen LogP contribution in [0.4, 0.5) is 22.9 Å². The minimum Gasteiger partial charge on any atom is -0.397 e. The average Bonchev–Trinajstić information content (AvgIpc) is 2.40. The van der Waals surface area contributed by atoms with Gasteiger partial charge in [0, 0.05) is 12.4 Å². The van der Waals surface area contributed by atoms with E-state index in [1.54, 1.807) is 30.6 Å². The molecule has 0 bridgehead atoms. The Kier molecular flexibility index (Phi) is 7.43. The highest BCUT2D eigenvalue weighted by atomic mass is 14.9. The molecule has 6 nitrogen and oxygen atoms in total. The van der Waals surface area contributed by atoms with E-state index in [0.29, 0.717) is 22.9 Å². The molecule has 0 unspecified atom stereocenters. The monoisotopic (exact) mass is 248 g/mol. The number of nitrogen functional groups attached to an aromatic ring is 4. The topological polar surface area (TPSA) is 130 Å². The van der Waals surface area contributed by atoms with Crippen LogP contribution < -0.4 is 22.9 Å². The number of rotatable bonds is 0. The van der Waals surface area contributed by atoms with Gasteiger partial charge >= 0.3 is 0 Å². The van der Waals surface area contributed by atoms with Crippen molar-refractivity contribution in [2.24, 2.45) is 0 Å². The Labute approximate surface area is 107 Å². The maximum absolute atomic E-state index is 5.35. The smallest absolute Gasteiger partial charge is 0.146 e. The van der Waals surface area contributed by atoms with Crippen molar-refractivity contribution in [3.8, 4) is 0 Å². The number of nitrogens with zero attached hydrogens (tertiary/aromatic N) is 2. The third-order valence-electron chi connectivity index (χ3n) is 1.76. The Balaban J connectivity index is 0.000000283. The van der Waals surface area contributed by atoms with Crippen LogP contribution in [-0.2, 0) is 0 Å². The lowest BCUT2D eigenvalue weighted by Gasteiger charge is -1.93. The summed E-state index contributed by atoms with van der Waals surface area (Å²) in [7, 11) is 0. The molecule has 0 aliphatic carbocycles. The summed E-state index contributed by atoms with van der Waals surface area (Å²) in [5, 5.41) is 0. The SMILES string of the molecule is CC.Nc1cccnc1N.Nc1ccncc1N. The fourth-order valence-corrected chi connectivity index (χ4v) is 0.847. The van der Waals surface area contributed by atoms with Crippen LogP contribution >= 0.6 is 0 Å². The first kappa shape index (κ1) is 15.5. The zero-order valence-corrected chi connectivity index (χ0v) is 10.7. The molecular formula is C12H20N6. The molecule has 2 heterocycles.